The van der Waals surface area contributed by atoms with Crippen molar-refractivity contribution >= 4 is 11.9 Å². The molecule has 4 saturated carbocycles. The molecule has 0 aromatic carbocycles. The second-order valence-corrected chi connectivity index (χ2v) is 11.4. The van der Waals surface area contributed by atoms with Crippen molar-refractivity contribution in [1.29, 1.82) is 0 Å². The van der Waals surface area contributed by atoms with Gasteiger partial charge in [0, 0.05) is 31.8 Å². The van der Waals surface area contributed by atoms with Gasteiger partial charge in [0.2, 0.25) is 0 Å². The normalized spacial score (nSPS) is 47.9. The zero-order chi connectivity index (χ0) is 22.2. The number of fused-ring (bicyclic) bond motifs is 4. The minimum absolute atomic E-state index is 0.220. The van der Waals surface area contributed by atoms with Gasteiger partial charge in [0.1, 0.15) is 12.7 Å². The predicted octanol–water partition coefficient (Wildman–Crippen LogP) is 4.69. The molecule has 5 aliphatic carbocycles. The van der Waals surface area contributed by atoms with Crippen LogP contribution in [0.1, 0.15) is 72.6 Å². The first-order valence-electron chi connectivity index (χ1n) is 12.2. The number of methoxy groups -OCH3 is 1. The Bertz CT molecular complexity index is 819. The first-order valence-corrected chi connectivity index (χ1v) is 12.2. The quantitative estimate of drug-likeness (QED) is 0.468. The Morgan fingerprint density at radius 2 is 1.94 bits per heavy atom. The third kappa shape index (κ3) is 2.77. The number of carbonyl (C=O) groups excluding carboxylic acids is 2. The molecule has 0 aliphatic heterocycles. The Labute approximate surface area is 186 Å². The van der Waals surface area contributed by atoms with Gasteiger partial charge < -0.3 is 14.2 Å². The first-order chi connectivity index (χ1) is 14.7. The fourth-order valence-corrected chi connectivity index (χ4v) is 9.39. The van der Waals surface area contributed by atoms with E-state index in [4.69, 9.17) is 14.2 Å². The van der Waals surface area contributed by atoms with E-state index >= 15 is 0 Å². The summed E-state index contributed by atoms with van der Waals surface area (Å²) in [4.78, 5) is 23.5. The molecule has 0 unspecified atom stereocenters. The lowest BCUT2D eigenvalue weighted by Crippen LogP contribution is -2.58. The molecular weight excluding hydrogens is 392 g/mol. The summed E-state index contributed by atoms with van der Waals surface area (Å²) in [6.45, 7) is 7.89. The lowest BCUT2D eigenvalue weighted by atomic mass is 9.45. The maximum absolute atomic E-state index is 11.8. The third-order valence-electron chi connectivity index (χ3n) is 10.5. The number of ether oxygens (including phenoxy) is 3. The van der Waals surface area contributed by atoms with Gasteiger partial charge in [0.05, 0.1) is 6.10 Å². The van der Waals surface area contributed by atoms with Crippen LogP contribution in [-0.4, -0.2) is 37.9 Å². The highest BCUT2D eigenvalue weighted by Crippen LogP contribution is 2.82. The molecule has 172 valence electrons. The van der Waals surface area contributed by atoms with Gasteiger partial charge in [-0.05, 0) is 86.5 Å². The van der Waals surface area contributed by atoms with Crippen LogP contribution < -0.4 is 0 Å². The van der Waals surface area contributed by atoms with Gasteiger partial charge in [0.15, 0.2) is 0 Å². The van der Waals surface area contributed by atoms with Crippen LogP contribution >= 0.6 is 0 Å². The number of hydrogen-bond donors (Lipinski definition) is 0. The molecule has 0 bridgehead atoms. The molecule has 0 aromatic heterocycles. The topological polar surface area (TPSA) is 61.8 Å². The average Bonchev–Trinajstić information content (AvgIpc) is 3.18. The maximum atomic E-state index is 11.8. The molecule has 5 aliphatic rings. The number of carbonyl (C=O) groups is 2. The van der Waals surface area contributed by atoms with Gasteiger partial charge in [-0.2, -0.15) is 0 Å². The minimum atomic E-state index is -0.280. The molecule has 1 spiro atoms. The summed E-state index contributed by atoms with van der Waals surface area (Å²) in [5.74, 6) is 2.05. The molecule has 0 saturated heterocycles. The number of allylic oxidation sites excluding steroid dienone is 1. The van der Waals surface area contributed by atoms with Crippen LogP contribution in [0.4, 0.5) is 0 Å². The van der Waals surface area contributed by atoms with Crippen LogP contribution in [0.15, 0.2) is 11.6 Å². The maximum Gasteiger partial charge on any atom is 0.303 e. The number of rotatable bonds is 5. The van der Waals surface area contributed by atoms with Gasteiger partial charge in [0.25, 0.3) is 0 Å². The average molecular weight is 431 g/mol. The van der Waals surface area contributed by atoms with Crippen molar-refractivity contribution in [3.8, 4) is 0 Å². The van der Waals surface area contributed by atoms with Crippen LogP contribution in [0.2, 0.25) is 0 Å². The zero-order valence-corrected chi connectivity index (χ0v) is 19.7. The van der Waals surface area contributed by atoms with Crippen molar-refractivity contribution in [2.75, 3.05) is 13.7 Å². The van der Waals surface area contributed by atoms with E-state index in [1.165, 1.54) is 38.7 Å². The van der Waals surface area contributed by atoms with Crippen molar-refractivity contribution in [2.45, 2.75) is 84.8 Å². The fourth-order valence-electron chi connectivity index (χ4n) is 9.39. The number of esters is 2. The van der Waals surface area contributed by atoms with E-state index in [0.717, 1.165) is 31.6 Å². The molecular formula is C26H38O5. The van der Waals surface area contributed by atoms with E-state index in [1.807, 2.05) is 14.0 Å². The van der Waals surface area contributed by atoms with E-state index in [0.29, 0.717) is 41.3 Å². The fraction of sp³-hybridized carbons (Fsp3) is 0.846. The van der Waals surface area contributed by atoms with Crippen molar-refractivity contribution in [1.82, 2.24) is 0 Å². The molecule has 5 nitrogen and oxygen atoms in total. The Morgan fingerprint density at radius 3 is 2.58 bits per heavy atom. The molecule has 0 radical (unpaired) electrons. The molecule has 4 fully saturated rings. The van der Waals surface area contributed by atoms with E-state index in [9.17, 15) is 9.59 Å². The summed E-state index contributed by atoms with van der Waals surface area (Å²) in [7, 11) is 1.91. The van der Waals surface area contributed by atoms with Crippen molar-refractivity contribution in [3.05, 3.63) is 11.6 Å². The smallest absolute Gasteiger partial charge is 0.303 e. The van der Waals surface area contributed by atoms with Gasteiger partial charge in [-0.3, -0.25) is 9.59 Å². The molecule has 0 heterocycles. The summed E-state index contributed by atoms with van der Waals surface area (Å²) in [5, 5.41) is 0. The van der Waals surface area contributed by atoms with Crippen molar-refractivity contribution < 1.29 is 23.8 Å². The summed E-state index contributed by atoms with van der Waals surface area (Å²) in [6.07, 6.45) is 10.7. The Hall–Kier alpha value is -1.36. The lowest BCUT2D eigenvalue weighted by Gasteiger charge is -2.61. The van der Waals surface area contributed by atoms with Gasteiger partial charge in [-0.1, -0.05) is 13.0 Å². The van der Waals surface area contributed by atoms with Crippen molar-refractivity contribution in [3.63, 3.8) is 0 Å². The number of hydrogen-bond acceptors (Lipinski definition) is 5. The highest BCUT2D eigenvalue weighted by molar-refractivity contribution is 5.67. The van der Waals surface area contributed by atoms with E-state index in [2.05, 4.69) is 13.0 Å². The predicted molar refractivity (Wildman–Crippen MR) is 116 cm³/mol. The minimum Gasteiger partial charge on any atom is -0.465 e. The molecule has 0 N–H and O–H groups in total. The molecule has 31 heavy (non-hydrogen) atoms. The summed E-state index contributed by atoms with van der Waals surface area (Å²) < 4.78 is 17.5. The van der Waals surface area contributed by atoms with E-state index < -0.39 is 0 Å². The molecule has 9 atom stereocenters. The Balaban J connectivity index is 1.49. The van der Waals surface area contributed by atoms with Crippen LogP contribution in [0.3, 0.4) is 0 Å². The molecule has 5 rings (SSSR count). The highest BCUT2D eigenvalue weighted by atomic mass is 16.5. The second-order valence-electron chi connectivity index (χ2n) is 11.4. The van der Waals surface area contributed by atoms with Crippen molar-refractivity contribution in [2.24, 2.45) is 39.9 Å². The van der Waals surface area contributed by atoms with E-state index in [1.54, 1.807) is 0 Å². The SMILES string of the molecule is CO[C@@H]1C[C@H]2[C@@H]3CC=C([C@H](C)OC(C)=O)[C@@]3(COC(C)=O)CC[C@@H]2[C@@]2(C)CC[C@@H]3C[C@]312. The highest BCUT2D eigenvalue weighted by Gasteiger charge is 2.77. The largest absolute Gasteiger partial charge is 0.465 e. The second kappa shape index (κ2) is 7.07. The van der Waals surface area contributed by atoms with Crippen LogP contribution in [0.5, 0.6) is 0 Å². The standard InChI is InChI=1S/C26H38O5/c1-15(31-17(3)28)20-6-7-22-19-12-23(29-5)26-13-18(26)8-10-24(26,4)21(19)9-11-25(20,22)14-30-16(2)27/h6,15,18-19,21-23H,7-14H2,1-5H3/t15-,18+,19+,21-,22-,23+,24+,25-,26-/m0/s1. The van der Waals surface area contributed by atoms with Gasteiger partial charge in [-0.25, -0.2) is 0 Å². The monoisotopic (exact) mass is 430 g/mol. The van der Waals surface area contributed by atoms with Gasteiger partial charge in [-0.15, -0.1) is 0 Å². The Kier molecular flexibility index (Phi) is 4.90. The van der Waals surface area contributed by atoms with Crippen LogP contribution in [0.25, 0.3) is 0 Å². The first kappa shape index (κ1) is 21.5. The Morgan fingerprint density at radius 1 is 1.16 bits per heavy atom. The molecule has 0 aromatic rings. The summed E-state index contributed by atoms with van der Waals surface area (Å²) in [5.41, 5.74) is 1.71. The van der Waals surface area contributed by atoms with Gasteiger partial charge >= 0.3 is 11.9 Å². The van der Waals surface area contributed by atoms with Crippen LogP contribution in [-0.2, 0) is 23.8 Å². The molecule has 0 amide bonds. The van der Waals surface area contributed by atoms with Crippen LogP contribution in [0, 0.1) is 39.9 Å². The van der Waals surface area contributed by atoms with E-state index in [-0.39, 0.29) is 23.5 Å². The molecule has 5 heteroatoms. The third-order valence-corrected chi connectivity index (χ3v) is 10.5. The lowest BCUT2D eigenvalue weighted by molar-refractivity contribution is -0.170. The zero-order valence-electron chi connectivity index (χ0n) is 19.7. The summed E-state index contributed by atoms with van der Waals surface area (Å²) in [6, 6.07) is 0. The summed E-state index contributed by atoms with van der Waals surface area (Å²) >= 11 is 0.